The first-order valence-corrected chi connectivity index (χ1v) is 7.79. The number of hydrogen-bond acceptors (Lipinski definition) is 2. The molecule has 23 heavy (non-hydrogen) atoms. The summed E-state index contributed by atoms with van der Waals surface area (Å²) in [6, 6.07) is 7.78. The van der Waals surface area contributed by atoms with Crippen LogP contribution in [0.3, 0.4) is 0 Å². The Balaban J connectivity index is 2.53. The van der Waals surface area contributed by atoms with E-state index in [1.807, 2.05) is 45.0 Å². The monoisotopic (exact) mass is 317 g/mol. The van der Waals surface area contributed by atoms with Crippen LogP contribution in [0.2, 0.25) is 0 Å². The molecule has 3 amide bonds. The summed E-state index contributed by atoms with van der Waals surface area (Å²) in [6.45, 7) is 12.4. The molecule has 0 aliphatic carbocycles. The first-order chi connectivity index (χ1) is 10.7. The summed E-state index contributed by atoms with van der Waals surface area (Å²) in [5.74, 6) is -0.0621. The summed E-state index contributed by atoms with van der Waals surface area (Å²) in [4.78, 5) is 22.8. The van der Waals surface area contributed by atoms with Crippen molar-refractivity contribution in [3.8, 4) is 0 Å². The van der Waals surface area contributed by atoms with E-state index in [1.54, 1.807) is 0 Å². The number of rotatable bonds is 7. The largest absolute Gasteiger partial charge is 0.356 e. The average molecular weight is 317 g/mol. The van der Waals surface area contributed by atoms with Gasteiger partial charge in [-0.3, -0.25) is 4.79 Å². The molecule has 0 saturated carbocycles. The molecule has 1 rings (SSSR count). The molecule has 1 aromatic carbocycles. The summed E-state index contributed by atoms with van der Waals surface area (Å²) in [6.07, 6.45) is 0.693. The first kappa shape index (κ1) is 18.7. The Kier molecular flexibility index (Phi) is 6.82. The number of benzene rings is 1. The third-order valence-corrected chi connectivity index (χ3v) is 3.52. The van der Waals surface area contributed by atoms with E-state index < -0.39 is 5.54 Å². The Morgan fingerprint density at radius 3 is 2.39 bits per heavy atom. The van der Waals surface area contributed by atoms with Gasteiger partial charge in [0.25, 0.3) is 0 Å². The zero-order chi connectivity index (χ0) is 17.5. The number of hydrogen-bond donors (Lipinski definition) is 3. The lowest BCUT2D eigenvalue weighted by atomic mass is 9.92. The van der Waals surface area contributed by atoms with Crippen molar-refractivity contribution in [3.63, 3.8) is 0 Å². The highest BCUT2D eigenvalue weighted by atomic mass is 16.2. The minimum absolute atomic E-state index is 0.0621. The summed E-state index contributed by atoms with van der Waals surface area (Å²) in [7, 11) is 0. The maximum atomic E-state index is 12.0. The fourth-order valence-electron chi connectivity index (χ4n) is 2.13. The van der Waals surface area contributed by atoms with E-state index in [0.29, 0.717) is 19.5 Å². The van der Waals surface area contributed by atoms with Gasteiger partial charge in [-0.15, -0.1) is 0 Å². The minimum Gasteiger partial charge on any atom is -0.356 e. The van der Waals surface area contributed by atoms with Crippen LogP contribution in [-0.2, 0) is 10.3 Å². The zero-order valence-electron chi connectivity index (χ0n) is 14.5. The van der Waals surface area contributed by atoms with E-state index in [0.717, 1.165) is 16.7 Å². The number of carbonyl (C=O) groups excluding carboxylic acids is 2. The third kappa shape index (κ3) is 6.55. The minimum atomic E-state index is -0.493. The molecule has 3 N–H and O–H groups in total. The van der Waals surface area contributed by atoms with Crippen molar-refractivity contribution in [1.82, 2.24) is 16.0 Å². The van der Waals surface area contributed by atoms with Gasteiger partial charge in [-0.05, 0) is 44.4 Å². The maximum Gasteiger partial charge on any atom is 0.315 e. The number of allylic oxidation sites excluding steroid dienone is 1. The van der Waals surface area contributed by atoms with Crippen LogP contribution in [0.5, 0.6) is 0 Å². The fraction of sp³-hybridized carbons (Fsp3) is 0.444. The van der Waals surface area contributed by atoms with Gasteiger partial charge in [0.15, 0.2) is 0 Å². The SMILES string of the molecule is C=C(C)c1cccc(C(C)(C)NC(=O)NCCCNC(C)=O)c1. The molecule has 126 valence electrons. The van der Waals surface area contributed by atoms with E-state index in [4.69, 9.17) is 0 Å². The summed E-state index contributed by atoms with van der Waals surface area (Å²) >= 11 is 0. The van der Waals surface area contributed by atoms with Crippen LogP contribution in [0.15, 0.2) is 30.8 Å². The van der Waals surface area contributed by atoms with Crippen LogP contribution in [0, 0.1) is 0 Å². The van der Waals surface area contributed by atoms with Gasteiger partial charge in [0, 0.05) is 20.0 Å². The molecule has 0 fully saturated rings. The lowest BCUT2D eigenvalue weighted by molar-refractivity contribution is -0.118. The smallest absolute Gasteiger partial charge is 0.315 e. The number of nitrogens with one attached hydrogen (secondary N) is 3. The number of urea groups is 1. The van der Waals surface area contributed by atoms with Crippen LogP contribution >= 0.6 is 0 Å². The molecule has 1 aromatic rings. The maximum absolute atomic E-state index is 12.0. The Labute approximate surface area is 138 Å². The fourth-order valence-corrected chi connectivity index (χ4v) is 2.13. The van der Waals surface area contributed by atoms with Gasteiger partial charge in [0.2, 0.25) is 5.91 Å². The number of amides is 3. The summed E-state index contributed by atoms with van der Waals surface area (Å²) in [5.41, 5.74) is 2.58. The zero-order valence-corrected chi connectivity index (χ0v) is 14.5. The van der Waals surface area contributed by atoms with Crippen molar-refractivity contribution in [1.29, 1.82) is 0 Å². The van der Waals surface area contributed by atoms with Gasteiger partial charge in [-0.25, -0.2) is 4.79 Å². The molecule has 0 heterocycles. The van der Waals surface area contributed by atoms with Crippen molar-refractivity contribution in [2.45, 2.75) is 39.7 Å². The van der Waals surface area contributed by atoms with Crippen LogP contribution in [0.25, 0.3) is 5.57 Å². The van der Waals surface area contributed by atoms with Gasteiger partial charge < -0.3 is 16.0 Å². The highest BCUT2D eigenvalue weighted by Crippen LogP contribution is 2.23. The molecule has 5 nitrogen and oxygen atoms in total. The lowest BCUT2D eigenvalue weighted by Gasteiger charge is -2.27. The molecule has 0 radical (unpaired) electrons. The van der Waals surface area contributed by atoms with Crippen LogP contribution in [0.4, 0.5) is 4.79 Å². The van der Waals surface area contributed by atoms with E-state index in [9.17, 15) is 9.59 Å². The topological polar surface area (TPSA) is 70.2 Å². The van der Waals surface area contributed by atoms with Crippen molar-refractivity contribution < 1.29 is 9.59 Å². The third-order valence-electron chi connectivity index (χ3n) is 3.52. The van der Waals surface area contributed by atoms with E-state index in [1.165, 1.54) is 6.92 Å². The Bertz CT molecular complexity index is 579. The Morgan fingerprint density at radius 1 is 1.13 bits per heavy atom. The van der Waals surface area contributed by atoms with Crippen molar-refractivity contribution >= 4 is 17.5 Å². The molecule has 0 aliphatic rings. The van der Waals surface area contributed by atoms with E-state index >= 15 is 0 Å². The first-order valence-electron chi connectivity index (χ1n) is 7.79. The number of carbonyl (C=O) groups is 2. The van der Waals surface area contributed by atoms with Gasteiger partial charge in [0.1, 0.15) is 0 Å². The van der Waals surface area contributed by atoms with Gasteiger partial charge in [0.05, 0.1) is 5.54 Å². The summed E-state index contributed by atoms with van der Waals surface area (Å²) < 4.78 is 0. The van der Waals surface area contributed by atoms with Crippen LogP contribution in [0.1, 0.15) is 45.2 Å². The van der Waals surface area contributed by atoms with Gasteiger partial charge in [-0.1, -0.05) is 30.4 Å². The van der Waals surface area contributed by atoms with Crippen molar-refractivity contribution in [2.75, 3.05) is 13.1 Å². The molecule has 0 bridgehead atoms. The molecule has 0 spiro atoms. The molecule has 5 heteroatoms. The predicted octanol–water partition coefficient (Wildman–Crippen LogP) is 2.78. The molecule has 0 aliphatic heterocycles. The lowest BCUT2D eigenvalue weighted by Crippen LogP contribution is -2.47. The van der Waals surface area contributed by atoms with Crippen LogP contribution in [-0.4, -0.2) is 25.0 Å². The quantitative estimate of drug-likeness (QED) is 0.677. The summed E-state index contributed by atoms with van der Waals surface area (Å²) in [5, 5.41) is 8.46. The second-order valence-electron chi connectivity index (χ2n) is 6.20. The Hall–Kier alpha value is -2.30. The molecular weight excluding hydrogens is 290 g/mol. The second-order valence-corrected chi connectivity index (χ2v) is 6.20. The molecule has 0 aromatic heterocycles. The molecular formula is C18H27N3O2. The standard InChI is InChI=1S/C18H27N3O2/c1-13(2)15-8-6-9-16(12-15)18(4,5)21-17(23)20-11-7-10-19-14(3)22/h6,8-9,12H,1,7,10-11H2,2-5H3,(H,19,22)(H2,20,21,23). The van der Waals surface area contributed by atoms with E-state index in [-0.39, 0.29) is 11.9 Å². The average Bonchev–Trinajstić information content (AvgIpc) is 2.46. The van der Waals surface area contributed by atoms with Crippen LogP contribution < -0.4 is 16.0 Å². The molecule has 0 atom stereocenters. The van der Waals surface area contributed by atoms with E-state index in [2.05, 4.69) is 22.5 Å². The van der Waals surface area contributed by atoms with Crippen molar-refractivity contribution in [3.05, 3.63) is 42.0 Å². The van der Waals surface area contributed by atoms with Crippen molar-refractivity contribution in [2.24, 2.45) is 0 Å². The highest BCUT2D eigenvalue weighted by Gasteiger charge is 2.22. The highest BCUT2D eigenvalue weighted by molar-refractivity contribution is 5.75. The molecule has 0 unspecified atom stereocenters. The van der Waals surface area contributed by atoms with Gasteiger partial charge >= 0.3 is 6.03 Å². The molecule has 0 saturated heterocycles. The predicted molar refractivity (Wildman–Crippen MR) is 94.0 cm³/mol. The Morgan fingerprint density at radius 2 is 1.78 bits per heavy atom. The second kappa shape index (κ2) is 8.36. The van der Waals surface area contributed by atoms with Gasteiger partial charge in [-0.2, -0.15) is 0 Å². The normalized spacial score (nSPS) is 10.8.